The maximum Gasteiger partial charge on any atom is 0.407 e. The van der Waals surface area contributed by atoms with Gasteiger partial charge >= 0.3 is 6.09 Å². The van der Waals surface area contributed by atoms with E-state index in [4.69, 9.17) is 14.9 Å². The largest absolute Gasteiger partial charge is 0.444 e. The van der Waals surface area contributed by atoms with Crippen molar-refractivity contribution >= 4 is 30.0 Å². The average Bonchev–Trinajstić information content (AvgIpc) is 3.19. The fourth-order valence-electron chi connectivity index (χ4n) is 3.98. The number of rotatable bonds is 7. The number of nitrogens with one attached hydrogen (secondary N) is 5. The average molecular weight is 538 g/mol. The monoisotopic (exact) mass is 537 g/mol. The van der Waals surface area contributed by atoms with Crippen LogP contribution in [0.4, 0.5) is 13.6 Å². The second-order valence-electron chi connectivity index (χ2n) is 9.57. The maximum absolute atomic E-state index is 14.1. The second-order valence-corrected chi connectivity index (χ2v) is 10.6. The van der Waals surface area contributed by atoms with E-state index in [9.17, 15) is 18.4 Å². The van der Waals surface area contributed by atoms with E-state index in [0.29, 0.717) is 31.6 Å². The van der Waals surface area contributed by atoms with Crippen LogP contribution in [0.25, 0.3) is 0 Å². The van der Waals surface area contributed by atoms with E-state index in [1.165, 1.54) is 11.5 Å². The number of hydrogen-bond donors (Lipinski definition) is 5. The van der Waals surface area contributed by atoms with Gasteiger partial charge in [-0.1, -0.05) is 6.07 Å². The third-order valence-electron chi connectivity index (χ3n) is 5.67. The van der Waals surface area contributed by atoms with E-state index in [1.54, 1.807) is 27.8 Å². The van der Waals surface area contributed by atoms with Crippen molar-refractivity contribution in [3.05, 3.63) is 57.9 Å². The first-order valence-corrected chi connectivity index (χ1v) is 12.9. The van der Waals surface area contributed by atoms with E-state index in [1.807, 2.05) is 0 Å². The molecule has 1 aromatic carbocycles. The van der Waals surface area contributed by atoms with Gasteiger partial charge in [-0.05, 0) is 52.2 Å². The van der Waals surface area contributed by atoms with Gasteiger partial charge in [0.1, 0.15) is 28.3 Å². The molecule has 2 aliphatic rings. The molecule has 0 spiro atoms. The molecule has 3 unspecified atom stereocenters. The van der Waals surface area contributed by atoms with Crippen LogP contribution < -0.4 is 21.3 Å². The molecule has 1 aromatic rings. The van der Waals surface area contributed by atoms with Gasteiger partial charge in [0.25, 0.3) is 5.91 Å². The molecule has 0 aliphatic carbocycles. The number of carbonyl (C=O) groups excluding carboxylic acids is 2. The van der Waals surface area contributed by atoms with Crippen LogP contribution in [0.2, 0.25) is 0 Å². The number of alkyl carbamates (subject to hydrolysis) is 1. The highest BCUT2D eigenvalue weighted by Crippen LogP contribution is 2.36. The summed E-state index contributed by atoms with van der Waals surface area (Å²) in [5.41, 5.74) is 0.0643. The molecule has 202 valence electrons. The van der Waals surface area contributed by atoms with Crippen molar-refractivity contribution in [1.82, 2.24) is 21.3 Å². The molecular formula is C25H33F2N5O4S. The highest BCUT2D eigenvalue weighted by Gasteiger charge is 2.30. The summed E-state index contributed by atoms with van der Waals surface area (Å²) in [6.45, 7) is 5.74. The number of halogens is 2. The van der Waals surface area contributed by atoms with Gasteiger partial charge in [0, 0.05) is 31.3 Å². The third-order valence-corrected chi connectivity index (χ3v) is 6.67. The molecule has 1 fully saturated rings. The van der Waals surface area contributed by atoms with Crippen LogP contribution in [0, 0.1) is 17.0 Å². The SMILES string of the molecule is CN/C(=C(\C=N)NC(=O)C1=CSC(c2c(F)cccc2F)N1)C1CCC(NC(=O)OC(C)(C)C)CCO1. The van der Waals surface area contributed by atoms with Crippen molar-refractivity contribution in [1.29, 1.82) is 5.41 Å². The van der Waals surface area contributed by atoms with Gasteiger partial charge in [-0.15, -0.1) is 11.8 Å². The minimum atomic E-state index is -0.794. The number of likely N-dealkylation sites (N-methyl/N-ethyl adjacent to an activating group) is 1. The molecule has 5 N–H and O–H groups in total. The van der Waals surface area contributed by atoms with Crippen LogP contribution in [0.3, 0.4) is 0 Å². The van der Waals surface area contributed by atoms with Crippen LogP contribution in [0.15, 0.2) is 40.7 Å². The van der Waals surface area contributed by atoms with E-state index in [2.05, 4.69) is 21.3 Å². The summed E-state index contributed by atoms with van der Waals surface area (Å²) in [5.74, 6) is -1.97. The van der Waals surface area contributed by atoms with Gasteiger partial charge in [0.05, 0.1) is 23.1 Å². The number of ether oxygens (including phenoxy) is 2. The summed E-state index contributed by atoms with van der Waals surface area (Å²) < 4.78 is 39.6. The summed E-state index contributed by atoms with van der Waals surface area (Å²) >= 11 is 1.08. The van der Waals surface area contributed by atoms with E-state index >= 15 is 0 Å². The highest BCUT2D eigenvalue weighted by atomic mass is 32.2. The Balaban J connectivity index is 1.64. The molecule has 2 heterocycles. The first-order valence-electron chi connectivity index (χ1n) is 11.9. The Kier molecular flexibility index (Phi) is 9.55. The Labute approximate surface area is 219 Å². The summed E-state index contributed by atoms with van der Waals surface area (Å²) in [6, 6.07) is 3.46. The van der Waals surface area contributed by atoms with Gasteiger partial charge in [0.2, 0.25) is 0 Å². The predicted molar refractivity (Wildman–Crippen MR) is 138 cm³/mol. The lowest BCUT2D eigenvalue weighted by atomic mass is 10.0. The normalized spacial score (nSPS) is 22.5. The fraction of sp³-hybridized carbons (Fsp3) is 0.480. The first-order chi connectivity index (χ1) is 17.5. The van der Waals surface area contributed by atoms with Gasteiger partial charge in [0.15, 0.2) is 0 Å². The number of allylic oxidation sites excluding steroid dienone is 1. The van der Waals surface area contributed by atoms with Crippen molar-refractivity contribution < 1.29 is 27.8 Å². The molecule has 0 saturated carbocycles. The molecule has 0 radical (unpaired) electrons. The zero-order valence-corrected chi connectivity index (χ0v) is 22.1. The van der Waals surface area contributed by atoms with Gasteiger partial charge in [-0.3, -0.25) is 4.79 Å². The number of hydrogen-bond acceptors (Lipinski definition) is 8. The molecular weight excluding hydrogens is 504 g/mol. The molecule has 2 aliphatic heterocycles. The molecule has 3 atom stereocenters. The zero-order valence-electron chi connectivity index (χ0n) is 21.2. The van der Waals surface area contributed by atoms with Crippen molar-refractivity contribution in [2.45, 2.75) is 63.2 Å². The third kappa shape index (κ3) is 7.68. The smallest absolute Gasteiger partial charge is 0.407 e. The Morgan fingerprint density at radius 2 is 1.92 bits per heavy atom. The lowest BCUT2D eigenvalue weighted by Crippen LogP contribution is -2.39. The van der Waals surface area contributed by atoms with Gasteiger partial charge in [-0.2, -0.15) is 0 Å². The second kappa shape index (κ2) is 12.4. The highest BCUT2D eigenvalue weighted by molar-refractivity contribution is 8.02. The van der Waals surface area contributed by atoms with Gasteiger partial charge < -0.3 is 36.2 Å². The summed E-state index contributed by atoms with van der Waals surface area (Å²) in [4.78, 5) is 25.0. The maximum atomic E-state index is 14.1. The molecule has 2 amide bonds. The van der Waals surface area contributed by atoms with Crippen LogP contribution in [0.5, 0.6) is 0 Å². The van der Waals surface area contributed by atoms with Crippen molar-refractivity contribution in [3.63, 3.8) is 0 Å². The van der Waals surface area contributed by atoms with Crippen LogP contribution in [0.1, 0.15) is 51.0 Å². The Morgan fingerprint density at radius 1 is 1.22 bits per heavy atom. The minimum absolute atomic E-state index is 0.121. The van der Waals surface area contributed by atoms with Crippen LogP contribution >= 0.6 is 11.8 Å². The number of thioether (sulfide) groups is 1. The predicted octanol–water partition coefficient (Wildman–Crippen LogP) is 3.80. The number of carbonyl (C=O) groups is 2. The standard InChI is InChI=1S/C25H33F2N5O4S/c1-25(2,3)36-24(34)30-14-8-9-19(35-11-10-14)21(29-4)17(12-28)31-22(33)18-13-37-23(32-18)20-15(26)6-5-7-16(20)27/h5-7,12-14,19,23,28-29,32H,8-11H2,1-4H3,(H,30,34)(H,31,33)/b21-17+,28-12?. The molecule has 0 bridgehead atoms. The molecule has 9 nitrogen and oxygen atoms in total. The van der Waals surface area contributed by atoms with E-state index < -0.39 is 40.7 Å². The van der Waals surface area contributed by atoms with Crippen LogP contribution in [-0.2, 0) is 14.3 Å². The Morgan fingerprint density at radius 3 is 2.54 bits per heavy atom. The number of amides is 2. The van der Waals surface area contributed by atoms with Crippen molar-refractivity contribution in [2.75, 3.05) is 13.7 Å². The van der Waals surface area contributed by atoms with Gasteiger partial charge in [-0.25, -0.2) is 13.6 Å². The zero-order chi connectivity index (χ0) is 27.2. The molecule has 3 rings (SSSR count). The van der Waals surface area contributed by atoms with E-state index in [0.717, 1.165) is 30.1 Å². The van der Waals surface area contributed by atoms with Crippen molar-refractivity contribution in [2.24, 2.45) is 0 Å². The first kappa shape index (κ1) is 28.5. The molecule has 37 heavy (non-hydrogen) atoms. The summed E-state index contributed by atoms with van der Waals surface area (Å²) in [5, 5.41) is 20.0. The molecule has 12 heteroatoms. The topological polar surface area (TPSA) is 125 Å². The molecule has 1 saturated heterocycles. The van der Waals surface area contributed by atoms with Crippen LogP contribution in [-0.4, -0.2) is 49.6 Å². The van der Waals surface area contributed by atoms with E-state index in [-0.39, 0.29) is 23.0 Å². The lowest BCUT2D eigenvalue weighted by Gasteiger charge is -2.23. The Bertz CT molecular complexity index is 1070. The molecule has 0 aromatic heterocycles. The quantitative estimate of drug-likeness (QED) is 0.335. The lowest BCUT2D eigenvalue weighted by molar-refractivity contribution is -0.117. The Hall–Kier alpha value is -3.12. The fourth-order valence-corrected chi connectivity index (χ4v) is 4.99. The van der Waals surface area contributed by atoms with Crippen molar-refractivity contribution in [3.8, 4) is 0 Å². The summed E-state index contributed by atoms with van der Waals surface area (Å²) in [7, 11) is 1.66. The number of benzene rings is 1. The minimum Gasteiger partial charge on any atom is -0.444 e. The summed E-state index contributed by atoms with van der Waals surface area (Å²) in [6.07, 6.45) is 1.78.